The minimum Gasteiger partial charge on any atom is -0.392 e. The first-order valence-electron chi connectivity index (χ1n) is 8.85. The second-order valence-corrected chi connectivity index (χ2v) is 6.86. The first-order valence-corrected chi connectivity index (χ1v) is 8.85. The number of piperidine rings is 1. The zero-order valence-electron chi connectivity index (χ0n) is 14.0. The van der Waals surface area contributed by atoms with Crippen LogP contribution in [0.2, 0.25) is 0 Å². The number of H-pyrrole nitrogens is 1. The van der Waals surface area contributed by atoms with Crippen LogP contribution in [0.5, 0.6) is 0 Å². The Morgan fingerprint density at radius 3 is 2.52 bits per heavy atom. The van der Waals surface area contributed by atoms with E-state index < -0.39 is 5.76 Å². The van der Waals surface area contributed by atoms with Gasteiger partial charge in [0.25, 0.3) is 0 Å². The normalized spacial score (nSPS) is 20.3. The van der Waals surface area contributed by atoms with Crippen LogP contribution in [0.4, 0.5) is 0 Å². The Hall–Kier alpha value is -2.41. The molecule has 0 radical (unpaired) electrons. The van der Waals surface area contributed by atoms with Crippen molar-refractivity contribution in [3.8, 4) is 0 Å². The maximum absolute atomic E-state index is 12.8. The number of carbonyl (C=O) groups is 1. The van der Waals surface area contributed by atoms with Gasteiger partial charge in [0.05, 0.1) is 0 Å². The van der Waals surface area contributed by atoms with Gasteiger partial charge < -0.3 is 9.73 Å². The molecule has 0 unspecified atom stereocenters. The first kappa shape index (κ1) is 16.1. The molecule has 4 rings (SSSR count). The van der Waals surface area contributed by atoms with E-state index in [-0.39, 0.29) is 17.9 Å². The van der Waals surface area contributed by atoms with E-state index >= 15 is 0 Å². The van der Waals surface area contributed by atoms with Gasteiger partial charge >= 0.3 is 5.76 Å². The van der Waals surface area contributed by atoms with Crippen LogP contribution in [-0.4, -0.2) is 40.1 Å². The van der Waals surface area contributed by atoms with Crippen molar-refractivity contribution in [1.29, 1.82) is 0 Å². The Morgan fingerprint density at radius 2 is 1.92 bits per heavy atom. The summed E-state index contributed by atoms with van der Waals surface area (Å²) >= 11 is 0. The van der Waals surface area contributed by atoms with Gasteiger partial charge in [-0.15, -0.1) is 5.10 Å². The highest BCUT2D eigenvalue weighted by Crippen LogP contribution is 2.32. The summed E-state index contributed by atoms with van der Waals surface area (Å²) in [5.74, 6) is 0.170. The van der Waals surface area contributed by atoms with Gasteiger partial charge in [0, 0.05) is 12.0 Å². The van der Waals surface area contributed by atoms with Crippen LogP contribution in [0, 0.1) is 0 Å². The largest absolute Gasteiger partial charge is 0.434 e. The third-order valence-corrected chi connectivity index (χ3v) is 4.99. The summed E-state index contributed by atoms with van der Waals surface area (Å²) < 4.78 is 5.09. The van der Waals surface area contributed by atoms with Crippen LogP contribution in [0.25, 0.3) is 0 Å². The van der Waals surface area contributed by atoms with E-state index in [1.165, 1.54) is 0 Å². The smallest absolute Gasteiger partial charge is 0.392 e. The van der Waals surface area contributed by atoms with Crippen LogP contribution >= 0.6 is 0 Å². The van der Waals surface area contributed by atoms with Gasteiger partial charge in [-0.25, -0.2) is 9.89 Å². The average molecular weight is 342 g/mol. The Labute approximate surface area is 145 Å². The van der Waals surface area contributed by atoms with E-state index in [9.17, 15) is 9.59 Å². The minimum absolute atomic E-state index is 0.0819. The Kier molecular flexibility index (Phi) is 4.40. The molecule has 1 aliphatic heterocycles. The molecule has 1 atom stereocenters. The number of hydrogen-bond donors (Lipinski definition) is 2. The molecule has 1 aliphatic carbocycles. The molecule has 2 aromatic rings. The lowest BCUT2D eigenvalue weighted by molar-refractivity contribution is -0.127. The second-order valence-electron chi connectivity index (χ2n) is 6.86. The summed E-state index contributed by atoms with van der Waals surface area (Å²) in [6, 6.07) is 10.00. The fraction of sp³-hybridized carbons (Fsp3) is 0.500. The summed E-state index contributed by atoms with van der Waals surface area (Å²) in [5, 5.41) is 9.41. The van der Waals surface area contributed by atoms with Gasteiger partial charge in [-0.05, 0) is 44.3 Å². The van der Waals surface area contributed by atoms with Crippen molar-refractivity contribution in [2.45, 2.75) is 43.7 Å². The molecule has 132 valence electrons. The van der Waals surface area contributed by atoms with Crippen LogP contribution < -0.4 is 11.1 Å². The Balaban J connectivity index is 1.48. The van der Waals surface area contributed by atoms with Gasteiger partial charge in [-0.2, -0.15) is 0 Å². The number of aromatic amines is 1. The summed E-state index contributed by atoms with van der Waals surface area (Å²) in [7, 11) is 0. The predicted octanol–water partition coefficient (Wildman–Crippen LogP) is 1.56. The molecule has 1 aromatic carbocycles. The van der Waals surface area contributed by atoms with Crippen molar-refractivity contribution in [2.75, 3.05) is 13.1 Å². The number of likely N-dealkylation sites (tertiary alicyclic amines) is 1. The molecule has 7 nitrogen and oxygen atoms in total. The molecule has 2 heterocycles. The first-order chi connectivity index (χ1) is 12.2. The second kappa shape index (κ2) is 6.84. The summed E-state index contributed by atoms with van der Waals surface area (Å²) in [6.07, 6.45) is 3.78. The fourth-order valence-electron chi connectivity index (χ4n) is 3.49. The van der Waals surface area contributed by atoms with Crippen molar-refractivity contribution < 1.29 is 9.21 Å². The number of benzene rings is 1. The molecule has 2 N–H and O–H groups in total. The lowest BCUT2D eigenvalue weighted by Gasteiger charge is -2.36. The molecule has 1 saturated heterocycles. The molecule has 2 aliphatic rings. The van der Waals surface area contributed by atoms with Gasteiger partial charge in [-0.3, -0.25) is 9.69 Å². The summed E-state index contributed by atoms with van der Waals surface area (Å²) in [4.78, 5) is 26.2. The number of aromatic nitrogens is 2. The number of nitrogens with zero attached hydrogens (tertiary/aromatic N) is 2. The highest BCUT2D eigenvalue weighted by atomic mass is 16.4. The van der Waals surface area contributed by atoms with E-state index in [1.54, 1.807) is 0 Å². The van der Waals surface area contributed by atoms with Crippen LogP contribution in [0.15, 0.2) is 39.5 Å². The van der Waals surface area contributed by atoms with Crippen molar-refractivity contribution in [3.05, 3.63) is 52.3 Å². The predicted molar refractivity (Wildman–Crippen MR) is 91.0 cm³/mol. The standard InChI is InChI=1S/C18H22N4O3/c23-16(19-14-6-7-14)15(12-4-2-1-3-5-12)22-10-8-13(9-11-22)17-20-21-18(24)25-17/h1-5,13-15H,6-11H2,(H,19,23)(H,21,24)/t15-/m0/s1. The monoisotopic (exact) mass is 342 g/mol. The number of rotatable bonds is 5. The lowest BCUT2D eigenvalue weighted by Crippen LogP contribution is -2.44. The zero-order valence-corrected chi connectivity index (χ0v) is 14.0. The summed E-state index contributed by atoms with van der Waals surface area (Å²) in [5.41, 5.74) is 1.02. The van der Waals surface area contributed by atoms with Gasteiger partial charge in [-0.1, -0.05) is 30.3 Å². The molecule has 25 heavy (non-hydrogen) atoms. The van der Waals surface area contributed by atoms with E-state index in [2.05, 4.69) is 20.4 Å². The van der Waals surface area contributed by atoms with E-state index in [1.807, 2.05) is 30.3 Å². The average Bonchev–Trinajstić information content (AvgIpc) is 3.34. The molecule has 0 bridgehead atoms. The molecule has 0 spiro atoms. The molecule has 1 amide bonds. The fourth-order valence-corrected chi connectivity index (χ4v) is 3.49. The van der Waals surface area contributed by atoms with Crippen LogP contribution in [0.3, 0.4) is 0 Å². The van der Waals surface area contributed by atoms with Crippen molar-refractivity contribution >= 4 is 5.91 Å². The van der Waals surface area contributed by atoms with Crippen molar-refractivity contribution in [3.63, 3.8) is 0 Å². The third kappa shape index (κ3) is 3.66. The van der Waals surface area contributed by atoms with E-state index in [0.717, 1.165) is 44.3 Å². The lowest BCUT2D eigenvalue weighted by atomic mass is 9.94. The molecular weight excluding hydrogens is 320 g/mol. The van der Waals surface area contributed by atoms with Gasteiger partial charge in [0.1, 0.15) is 6.04 Å². The maximum atomic E-state index is 12.8. The Bertz CT molecular complexity index is 773. The topological polar surface area (TPSA) is 91.2 Å². The SMILES string of the molecule is O=C(NC1CC1)[C@H](c1ccccc1)N1CCC(c2n[nH]c(=O)o2)CC1. The van der Waals surface area contributed by atoms with Gasteiger partial charge in [0.2, 0.25) is 11.8 Å². The zero-order chi connectivity index (χ0) is 17.2. The third-order valence-electron chi connectivity index (χ3n) is 4.99. The van der Waals surface area contributed by atoms with Crippen molar-refractivity contribution in [1.82, 2.24) is 20.4 Å². The van der Waals surface area contributed by atoms with Crippen LogP contribution in [-0.2, 0) is 4.79 Å². The van der Waals surface area contributed by atoms with E-state index in [4.69, 9.17) is 4.42 Å². The number of nitrogens with one attached hydrogen (secondary N) is 2. The van der Waals surface area contributed by atoms with Crippen LogP contribution in [0.1, 0.15) is 49.1 Å². The number of amides is 1. The number of hydrogen-bond acceptors (Lipinski definition) is 5. The Morgan fingerprint density at radius 1 is 1.20 bits per heavy atom. The molecule has 1 saturated carbocycles. The molecule has 2 fully saturated rings. The highest BCUT2D eigenvalue weighted by Gasteiger charge is 2.35. The highest BCUT2D eigenvalue weighted by molar-refractivity contribution is 5.83. The summed E-state index contributed by atoms with van der Waals surface area (Å²) in [6.45, 7) is 1.53. The molecule has 1 aromatic heterocycles. The molecular formula is C18H22N4O3. The maximum Gasteiger partial charge on any atom is 0.434 e. The minimum atomic E-state index is -0.511. The van der Waals surface area contributed by atoms with E-state index in [0.29, 0.717) is 11.9 Å². The molecule has 7 heteroatoms. The number of carbonyl (C=O) groups excluding carboxylic acids is 1. The van der Waals surface area contributed by atoms with Gasteiger partial charge in [0.15, 0.2) is 0 Å². The quantitative estimate of drug-likeness (QED) is 0.860. The van der Waals surface area contributed by atoms with Crippen molar-refractivity contribution in [2.24, 2.45) is 0 Å².